The molecule has 0 spiro atoms. The van der Waals surface area contributed by atoms with Crippen LogP contribution in [-0.4, -0.2) is 5.91 Å². The molecule has 0 aliphatic heterocycles. The number of carbonyl (C=O) groups excluding carboxylic acids is 1. The summed E-state index contributed by atoms with van der Waals surface area (Å²) in [6.45, 7) is 1.98. The van der Waals surface area contributed by atoms with E-state index in [0.29, 0.717) is 5.57 Å². The lowest BCUT2D eigenvalue weighted by atomic mass is 10.0. The molecule has 0 aliphatic carbocycles. The Labute approximate surface area is 78.1 Å². The summed E-state index contributed by atoms with van der Waals surface area (Å²) >= 11 is 0. The van der Waals surface area contributed by atoms with Gasteiger partial charge in [0.15, 0.2) is 0 Å². The Hall–Kier alpha value is -1.57. The van der Waals surface area contributed by atoms with Gasteiger partial charge in [0.2, 0.25) is 5.91 Å². The minimum atomic E-state index is -0.368. The molecule has 2 heteroatoms. The third kappa shape index (κ3) is 2.44. The molecule has 13 heavy (non-hydrogen) atoms. The quantitative estimate of drug-likeness (QED) is 0.701. The summed E-state index contributed by atoms with van der Waals surface area (Å²) in [5.41, 5.74) is 6.73. The molecule has 2 N–H and O–H groups in total. The minimum absolute atomic E-state index is 0.368. The minimum Gasteiger partial charge on any atom is -0.366 e. The van der Waals surface area contributed by atoms with Crippen molar-refractivity contribution in [3.63, 3.8) is 0 Å². The lowest BCUT2D eigenvalue weighted by molar-refractivity contribution is -0.112. The lowest BCUT2D eigenvalue weighted by Crippen LogP contribution is -2.12. The molecule has 0 atom stereocenters. The largest absolute Gasteiger partial charge is 0.366 e. The highest BCUT2D eigenvalue weighted by atomic mass is 16.1. The van der Waals surface area contributed by atoms with Gasteiger partial charge < -0.3 is 5.73 Å². The fraction of sp³-hybridized carbons (Fsp3) is 0.182. The second kappa shape index (κ2) is 4.45. The summed E-state index contributed by atoms with van der Waals surface area (Å²) in [6.07, 6.45) is 2.66. The Kier molecular flexibility index (Phi) is 3.26. The van der Waals surface area contributed by atoms with E-state index in [-0.39, 0.29) is 5.91 Å². The number of allylic oxidation sites excluding steroid dienone is 1. The number of nitrogens with two attached hydrogens (primary N) is 1. The van der Waals surface area contributed by atoms with Crippen molar-refractivity contribution in [2.24, 2.45) is 5.73 Å². The zero-order valence-electron chi connectivity index (χ0n) is 7.66. The van der Waals surface area contributed by atoms with Crippen molar-refractivity contribution >= 4 is 11.5 Å². The van der Waals surface area contributed by atoms with E-state index >= 15 is 0 Å². The summed E-state index contributed by atoms with van der Waals surface area (Å²) in [5, 5.41) is 0. The molecule has 68 valence electrons. The van der Waals surface area contributed by atoms with Gasteiger partial charge in [0.25, 0.3) is 0 Å². The molecule has 2 nitrogen and oxygen atoms in total. The first-order chi connectivity index (χ1) is 6.25. The highest BCUT2D eigenvalue weighted by Gasteiger charge is 2.05. The van der Waals surface area contributed by atoms with Crippen molar-refractivity contribution in [2.45, 2.75) is 13.3 Å². The monoisotopic (exact) mass is 175 g/mol. The van der Waals surface area contributed by atoms with E-state index in [1.54, 1.807) is 0 Å². The summed E-state index contributed by atoms with van der Waals surface area (Å²) < 4.78 is 0. The van der Waals surface area contributed by atoms with Crippen molar-refractivity contribution < 1.29 is 4.79 Å². The van der Waals surface area contributed by atoms with Crippen molar-refractivity contribution in [3.8, 4) is 0 Å². The van der Waals surface area contributed by atoms with Gasteiger partial charge in [-0.3, -0.25) is 4.79 Å². The summed E-state index contributed by atoms with van der Waals surface area (Å²) in [6, 6.07) is 9.45. The van der Waals surface area contributed by atoms with Crippen molar-refractivity contribution in [1.82, 2.24) is 0 Å². The summed E-state index contributed by atoms with van der Waals surface area (Å²) in [7, 11) is 0. The van der Waals surface area contributed by atoms with Crippen LogP contribution in [0.5, 0.6) is 0 Å². The molecule has 1 amide bonds. The third-order valence-electron chi connectivity index (χ3n) is 1.76. The predicted octanol–water partition coefficient (Wildman–Crippen LogP) is 1.97. The second-order valence-electron chi connectivity index (χ2n) is 2.76. The maximum Gasteiger partial charge on any atom is 0.248 e. The van der Waals surface area contributed by atoms with Gasteiger partial charge in [0.05, 0.1) is 0 Å². The molecule has 1 rings (SSSR count). The SMILES string of the molecule is CC/C=C(/C(N)=O)c1ccccc1. The van der Waals surface area contributed by atoms with E-state index in [9.17, 15) is 4.79 Å². The molecule has 0 unspecified atom stereocenters. The van der Waals surface area contributed by atoms with Gasteiger partial charge in [-0.1, -0.05) is 43.3 Å². The van der Waals surface area contributed by atoms with E-state index in [1.165, 1.54) is 0 Å². The molecule has 0 aliphatic rings. The third-order valence-corrected chi connectivity index (χ3v) is 1.76. The summed E-state index contributed by atoms with van der Waals surface area (Å²) in [4.78, 5) is 11.0. The lowest BCUT2D eigenvalue weighted by Gasteiger charge is -2.01. The Morgan fingerprint density at radius 3 is 2.46 bits per heavy atom. The van der Waals surface area contributed by atoms with E-state index in [4.69, 9.17) is 5.73 Å². The van der Waals surface area contributed by atoms with Gasteiger partial charge in [-0.2, -0.15) is 0 Å². The van der Waals surface area contributed by atoms with Crippen LogP contribution in [0.2, 0.25) is 0 Å². The molecular formula is C11H13NO. The molecular weight excluding hydrogens is 162 g/mol. The fourth-order valence-corrected chi connectivity index (χ4v) is 1.18. The molecule has 1 aromatic rings. The molecule has 0 fully saturated rings. The van der Waals surface area contributed by atoms with Crippen LogP contribution in [-0.2, 0) is 4.79 Å². The van der Waals surface area contributed by atoms with Crippen molar-refractivity contribution in [2.75, 3.05) is 0 Å². The predicted molar refractivity (Wildman–Crippen MR) is 53.9 cm³/mol. The normalized spacial score (nSPS) is 11.3. The van der Waals surface area contributed by atoms with E-state index in [0.717, 1.165) is 12.0 Å². The van der Waals surface area contributed by atoms with Gasteiger partial charge in [-0.05, 0) is 12.0 Å². The Bertz CT molecular complexity index is 314. The van der Waals surface area contributed by atoms with Gasteiger partial charge in [-0.25, -0.2) is 0 Å². The van der Waals surface area contributed by atoms with Gasteiger partial charge in [-0.15, -0.1) is 0 Å². The standard InChI is InChI=1S/C11H13NO/c1-2-6-10(11(12)13)9-7-4-3-5-8-9/h3-8H,2H2,1H3,(H2,12,13)/b10-6+. The first-order valence-corrected chi connectivity index (χ1v) is 4.31. The second-order valence-corrected chi connectivity index (χ2v) is 2.76. The van der Waals surface area contributed by atoms with Crippen molar-refractivity contribution in [3.05, 3.63) is 42.0 Å². The maximum atomic E-state index is 11.0. The first-order valence-electron chi connectivity index (χ1n) is 4.31. The van der Waals surface area contributed by atoms with Crippen LogP contribution in [0.3, 0.4) is 0 Å². The molecule has 0 bridgehead atoms. The van der Waals surface area contributed by atoms with Crippen LogP contribution < -0.4 is 5.73 Å². The number of benzene rings is 1. The van der Waals surface area contributed by atoms with Crippen LogP contribution >= 0.6 is 0 Å². The number of rotatable bonds is 3. The zero-order valence-corrected chi connectivity index (χ0v) is 7.66. The average molecular weight is 175 g/mol. The summed E-state index contributed by atoms with van der Waals surface area (Å²) in [5.74, 6) is -0.368. The van der Waals surface area contributed by atoms with E-state index in [2.05, 4.69) is 0 Å². The zero-order chi connectivity index (χ0) is 9.68. The molecule has 0 aromatic heterocycles. The highest BCUT2D eigenvalue weighted by Crippen LogP contribution is 2.13. The topological polar surface area (TPSA) is 43.1 Å². The van der Waals surface area contributed by atoms with Crippen LogP contribution in [0, 0.1) is 0 Å². The average Bonchev–Trinajstić information content (AvgIpc) is 2.15. The smallest absolute Gasteiger partial charge is 0.248 e. The van der Waals surface area contributed by atoms with E-state index < -0.39 is 0 Å². The highest BCUT2D eigenvalue weighted by molar-refractivity contribution is 6.18. The first kappa shape index (κ1) is 9.52. The Balaban J connectivity index is 3.03. The van der Waals surface area contributed by atoms with Crippen LogP contribution in [0.25, 0.3) is 5.57 Å². The molecule has 0 heterocycles. The number of carbonyl (C=O) groups is 1. The number of hydrogen-bond acceptors (Lipinski definition) is 1. The number of primary amides is 1. The van der Waals surface area contributed by atoms with Gasteiger partial charge in [0.1, 0.15) is 0 Å². The van der Waals surface area contributed by atoms with Crippen LogP contribution in [0.15, 0.2) is 36.4 Å². The molecule has 0 radical (unpaired) electrons. The van der Waals surface area contributed by atoms with E-state index in [1.807, 2.05) is 43.3 Å². The van der Waals surface area contributed by atoms with Gasteiger partial charge >= 0.3 is 0 Å². The molecule has 0 saturated heterocycles. The number of amides is 1. The number of hydrogen-bond donors (Lipinski definition) is 1. The fourth-order valence-electron chi connectivity index (χ4n) is 1.18. The van der Waals surface area contributed by atoms with Crippen LogP contribution in [0.4, 0.5) is 0 Å². The maximum absolute atomic E-state index is 11.0. The Morgan fingerprint density at radius 1 is 1.38 bits per heavy atom. The molecule has 0 saturated carbocycles. The van der Waals surface area contributed by atoms with Gasteiger partial charge in [0, 0.05) is 5.57 Å². The van der Waals surface area contributed by atoms with Crippen molar-refractivity contribution in [1.29, 1.82) is 0 Å². The Morgan fingerprint density at radius 2 is 2.00 bits per heavy atom. The van der Waals surface area contributed by atoms with Crippen LogP contribution in [0.1, 0.15) is 18.9 Å². The molecule has 1 aromatic carbocycles.